The van der Waals surface area contributed by atoms with Gasteiger partial charge in [-0.2, -0.15) is 0 Å². The minimum absolute atomic E-state index is 0.386. The van der Waals surface area contributed by atoms with E-state index in [1.165, 1.54) is 11.3 Å². The van der Waals surface area contributed by atoms with Gasteiger partial charge in [0.1, 0.15) is 4.34 Å². The van der Waals surface area contributed by atoms with Crippen LogP contribution < -0.4 is 0 Å². The molecule has 0 bridgehead atoms. The summed E-state index contributed by atoms with van der Waals surface area (Å²) in [5.74, 6) is 0. The molecule has 10 heavy (non-hydrogen) atoms. The van der Waals surface area contributed by atoms with Crippen LogP contribution in [0.4, 0.5) is 0 Å². The van der Waals surface area contributed by atoms with Gasteiger partial charge in [-0.15, -0.1) is 11.3 Å². The van der Waals surface area contributed by atoms with Crippen LogP contribution in [0.2, 0.25) is 14.4 Å². The minimum atomic E-state index is 0.386. The molecule has 1 aromatic heterocycles. The predicted octanol–water partition coefficient (Wildman–Crippen LogP) is 4.95. The fourth-order valence-corrected chi connectivity index (χ4v) is 3.34. The second-order valence-corrected chi connectivity index (χ2v) is 5.03. The van der Waals surface area contributed by atoms with Gasteiger partial charge in [0, 0.05) is 0 Å². The fourth-order valence-electron chi connectivity index (χ4n) is 0.396. The lowest BCUT2D eigenvalue weighted by molar-refractivity contribution is 1.75. The van der Waals surface area contributed by atoms with Crippen molar-refractivity contribution in [1.82, 2.24) is 0 Å². The molecule has 1 heterocycles. The number of thiophene rings is 1. The van der Waals surface area contributed by atoms with Crippen molar-refractivity contribution in [2.45, 2.75) is 4.21 Å². The van der Waals surface area contributed by atoms with E-state index in [4.69, 9.17) is 45.5 Å². The van der Waals surface area contributed by atoms with Crippen molar-refractivity contribution in [2.24, 2.45) is 0 Å². The highest BCUT2D eigenvalue weighted by molar-refractivity contribution is 8.22. The number of hydrogen-bond donors (Lipinski definition) is 0. The lowest BCUT2D eigenvalue weighted by atomic mass is 10.6. The number of rotatable bonds is 1. The molecule has 0 N–H and O–H groups in total. The summed E-state index contributed by atoms with van der Waals surface area (Å²) in [6.07, 6.45) is 0. The zero-order chi connectivity index (χ0) is 7.72. The zero-order valence-corrected chi connectivity index (χ0v) is 8.99. The first-order valence-electron chi connectivity index (χ1n) is 2.08. The van der Waals surface area contributed by atoms with E-state index in [0.29, 0.717) is 14.4 Å². The molecular formula is C4Cl4S2. The molecule has 0 aliphatic heterocycles. The maximum atomic E-state index is 5.70. The highest BCUT2D eigenvalue weighted by Crippen LogP contribution is 2.46. The first kappa shape index (κ1) is 9.30. The van der Waals surface area contributed by atoms with Gasteiger partial charge in [-0.3, -0.25) is 0 Å². The molecule has 0 nitrogen and oxygen atoms in total. The first-order chi connectivity index (χ1) is 4.66. The van der Waals surface area contributed by atoms with Gasteiger partial charge in [-0.1, -0.05) is 34.8 Å². The Balaban J connectivity index is 3.17. The second kappa shape index (κ2) is 3.74. The molecule has 0 amide bonds. The Morgan fingerprint density at radius 2 is 1.70 bits per heavy atom. The molecule has 0 radical (unpaired) electrons. The third-order valence-electron chi connectivity index (χ3n) is 0.797. The van der Waals surface area contributed by atoms with Crippen LogP contribution in [-0.2, 0) is 0 Å². The van der Waals surface area contributed by atoms with E-state index in [1.54, 1.807) is 0 Å². The summed E-state index contributed by atoms with van der Waals surface area (Å²) in [7, 11) is 6.46. The van der Waals surface area contributed by atoms with E-state index >= 15 is 0 Å². The molecule has 0 aromatic carbocycles. The monoisotopic (exact) mass is 252 g/mol. The van der Waals surface area contributed by atoms with Gasteiger partial charge in [0.05, 0.1) is 14.3 Å². The summed E-state index contributed by atoms with van der Waals surface area (Å²) in [4.78, 5) is 0. The van der Waals surface area contributed by atoms with Gasteiger partial charge < -0.3 is 0 Å². The summed E-state index contributed by atoms with van der Waals surface area (Å²) in [6, 6.07) is 0. The molecule has 1 rings (SSSR count). The zero-order valence-electron chi connectivity index (χ0n) is 4.33. The van der Waals surface area contributed by atoms with E-state index in [0.717, 1.165) is 15.2 Å². The fraction of sp³-hybridized carbons (Fsp3) is 0. The predicted molar refractivity (Wildman–Crippen MR) is 51.1 cm³/mol. The Bertz CT molecular complexity index is 244. The van der Waals surface area contributed by atoms with Gasteiger partial charge in [-0.25, -0.2) is 0 Å². The van der Waals surface area contributed by atoms with Crippen molar-refractivity contribution < 1.29 is 0 Å². The Kier molecular flexibility index (Phi) is 3.48. The van der Waals surface area contributed by atoms with Gasteiger partial charge in [0.2, 0.25) is 0 Å². The Hall–Kier alpha value is 1.21. The van der Waals surface area contributed by atoms with Crippen molar-refractivity contribution in [3.05, 3.63) is 14.4 Å². The molecule has 1 aromatic rings. The average molecular weight is 254 g/mol. The smallest absolute Gasteiger partial charge is 0.112 e. The quantitative estimate of drug-likeness (QED) is 0.682. The topological polar surface area (TPSA) is 0 Å². The molecule has 0 aliphatic carbocycles. The van der Waals surface area contributed by atoms with Gasteiger partial charge in [-0.05, 0) is 21.7 Å². The van der Waals surface area contributed by atoms with Crippen molar-refractivity contribution in [1.29, 1.82) is 0 Å². The Labute approximate surface area is 85.9 Å². The summed E-state index contributed by atoms with van der Waals surface area (Å²) in [5, 5.41) is 0.827. The lowest BCUT2D eigenvalue weighted by Gasteiger charge is -1.84. The summed E-state index contributed by atoms with van der Waals surface area (Å²) < 4.78 is 1.22. The third-order valence-corrected chi connectivity index (χ3v) is 4.86. The maximum absolute atomic E-state index is 5.70. The van der Waals surface area contributed by atoms with Gasteiger partial charge in [0.15, 0.2) is 0 Å². The van der Waals surface area contributed by atoms with Crippen molar-refractivity contribution in [2.75, 3.05) is 0 Å². The first-order valence-corrected chi connectivity index (χ1v) is 5.68. The molecular weight excluding hydrogens is 254 g/mol. The highest BCUT2D eigenvalue weighted by Gasteiger charge is 2.12. The normalized spacial score (nSPS) is 10.4. The minimum Gasteiger partial charge on any atom is -0.112 e. The van der Waals surface area contributed by atoms with Crippen LogP contribution in [0.1, 0.15) is 0 Å². The largest absolute Gasteiger partial charge is 0.114 e. The van der Waals surface area contributed by atoms with Crippen LogP contribution in [0.3, 0.4) is 0 Å². The van der Waals surface area contributed by atoms with Crippen LogP contribution in [0.25, 0.3) is 0 Å². The van der Waals surface area contributed by atoms with Crippen LogP contribution in [0.15, 0.2) is 4.21 Å². The lowest BCUT2D eigenvalue weighted by Crippen LogP contribution is -1.55. The van der Waals surface area contributed by atoms with Crippen LogP contribution >= 0.6 is 67.8 Å². The Morgan fingerprint density at radius 1 is 1.10 bits per heavy atom. The van der Waals surface area contributed by atoms with Gasteiger partial charge in [0.25, 0.3) is 0 Å². The molecule has 56 valence electrons. The molecule has 0 aliphatic rings. The van der Waals surface area contributed by atoms with Crippen LogP contribution in [-0.4, -0.2) is 0 Å². The summed E-state index contributed by atoms with van der Waals surface area (Å²) in [5.41, 5.74) is 0. The molecule has 0 saturated carbocycles. The number of halogens is 4. The summed E-state index contributed by atoms with van der Waals surface area (Å²) in [6.45, 7) is 0. The van der Waals surface area contributed by atoms with Gasteiger partial charge >= 0.3 is 0 Å². The van der Waals surface area contributed by atoms with Crippen molar-refractivity contribution >= 4 is 67.8 Å². The maximum Gasteiger partial charge on any atom is 0.114 e. The van der Waals surface area contributed by atoms with Crippen LogP contribution in [0, 0.1) is 0 Å². The van der Waals surface area contributed by atoms with E-state index < -0.39 is 0 Å². The number of hydrogen-bond acceptors (Lipinski definition) is 2. The standard InChI is InChI=1S/C4Cl4S2/c5-1-2(6)4(10-8)9-3(1)7. The molecule has 0 saturated heterocycles. The van der Waals surface area contributed by atoms with E-state index in [1.807, 2.05) is 0 Å². The highest BCUT2D eigenvalue weighted by atomic mass is 35.7. The third kappa shape index (κ3) is 1.68. The summed E-state index contributed by atoms with van der Waals surface area (Å²) >= 11 is 18.3. The van der Waals surface area contributed by atoms with Crippen molar-refractivity contribution in [3.8, 4) is 0 Å². The average Bonchev–Trinajstić information content (AvgIpc) is 2.17. The second-order valence-electron chi connectivity index (χ2n) is 1.37. The van der Waals surface area contributed by atoms with Crippen LogP contribution in [0.5, 0.6) is 0 Å². The molecule has 6 heteroatoms. The molecule has 0 unspecified atom stereocenters. The Morgan fingerprint density at radius 3 is 1.90 bits per heavy atom. The molecule has 0 spiro atoms. The van der Waals surface area contributed by atoms with E-state index in [2.05, 4.69) is 0 Å². The van der Waals surface area contributed by atoms with Crippen molar-refractivity contribution in [3.63, 3.8) is 0 Å². The van der Waals surface area contributed by atoms with E-state index in [9.17, 15) is 0 Å². The molecule has 0 atom stereocenters. The van der Waals surface area contributed by atoms with E-state index in [-0.39, 0.29) is 0 Å². The molecule has 0 fully saturated rings. The SMILES string of the molecule is ClSc1sc(Cl)c(Cl)c1Cl.